The SMILES string of the molecule is CCOC(=O)CCC(C#N)(CC1CCCCC1)c1ccccc1. The Hall–Kier alpha value is -1.82. The van der Waals surface area contributed by atoms with Gasteiger partial charge in [-0.25, -0.2) is 0 Å². The van der Waals surface area contributed by atoms with Gasteiger partial charge in [-0.1, -0.05) is 62.4 Å². The third-order valence-electron chi connectivity index (χ3n) is 4.96. The smallest absolute Gasteiger partial charge is 0.305 e. The molecule has 0 N–H and O–H groups in total. The summed E-state index contributed by atoms with van der Waals surface area (Å²) >= 11 is 0. The Morgan fingerprint density at radius 2 is 1.96 bits per heavy atom. The molecule has 0 spiro atoms. The predicted molar refractivity (Wildman–Crippen MR) is 90.8 cm³/mol. The summed E-state index contributed by atoms with van der Waals surface area (Å²) in [6.07, 6.45) is 7.95. The van der Waals surface area contributed by atoms with Crippen LogP contribution < -0.4 is 0 Å². The number of carbonyl (C=O) groups excluding carboxylic acids is 1. The van der Waals surface area contributed by atoms with Crippen molar-refractivity contribution in [1.82, 2.24) is 0 Å². The van der Waals surface area contributed by atoms with Crippen LogP contribution >= 0.6 is 0 Å². The molecule has 1 saturated carbocycles. The van der Waals surface area contributed by atoms with Crippen molar-refractivity contribution in [3.8, 4) is 6.07 Å². The average Bonchev–Trinajstić information content (AvgIpc) is 2.60. The maximum absolute atomic E-state index is 11.8. The van der Waals surface area contributed by atoms with E-state index in [2.05, 4.69) is 6.07 Å². The van der Waals surface area contributed by atoms with E-state index < -0.39 is 5.41 Å². The molecule has 2 rings (SSSR count). The van der Waals surface area contributed by atoms with Gasteiger partial charge in [0.2, 0.25) is 0 Å². The molecule has 1 fully saturated rings. The van der Waals surface area contributed by atoms with Crippen molar-refractivity contribution in [3.63, 3.8) is 0 Å². The molecule has 3 nitrogen and oxygen atoms in total. The summed E-state index contributed by atoms with van der Waals surface area (Å²) in [5.41, 5.74) is 0.466. The number of esters is 1. The predicted octanol–water partition coefficient (Wildman–Crippen LogP) is 4.76. The van der Waals surface area contributed by atoms with E-state index in [0.29, 0.717) is 25.4 Å². The van der Waals surface area contributed by atoms with Crippen molar-refractivity contribution < 1.29 is 9.53 Å². The Kier molecular flexibility index (Phi) is 6.65. The molecule has 0 amide bonds. The van der Waals surface area contributed by atoms with Crippen LogP contribution in [0.3, 0.4) is 0 Å². The number of ether oxygens (including phenoxy) is 1. The summed E-state index contributed by atoms with van der Waals surface area (Å²) < 4.78 is 5.06. The van der Waals surface area contributed by atoms with Gasteiger partial charge in [0.25, 0.3) is 0 Å². The van der Waals surface area contributed by atoms with Crippen molar-refractivity contribution in [2.45, 2.75) is 63.7 Å². The summed E-state index contributed by atoms with van der Waals surface area (Å²) in [6, 6.07) is 12.5. The van der Waals surface area contributed by atoms with Crippen molar-refractivity contribution >= 4 is 5.97 Å². The monoisotopic (exact) mass is 313 g/mol. The maximum atomic E-state index is 11.8. The number of hydrogen-bond donors (Lipinski definition) is 0. The summed E-state index contributed by atoms with van der Waals surface area (Å²) in [4.78, 5) is 11.8. The topological polar surface area (TPSA) is 50.1 Å². The fourth-order valence-electron chi connectivity index (χ4n) is 3.72. The highest BCUT2D eigenvalue weighted by Gasteiger charge is 2.36. The molecule has 1 aromatic rings. The first-order valence-corrected chi connectivity index (χ1v) is 8.82. The van der Waals surface area contributed by atoms with Crippen LogP contribution in [0.15, 0.2) is 30.3 Å². The lowest BCUT2D eigenvalue weighted by Gasteiger charge is -2.33. The molecular formula is C20H27NO2. The summed E-state index contributed by atoms with van der Waals surface area (Å²) in [6.45, 7) is 2.21. The number of hydrogen-bond acceptors (Lipinski definition) is 3. The van der Waals surface area contributed by atoms with E-state index in [0.717, 1.165) is 12.0 Å². The van der Waals surface area contributed by atoms with Gasteiger partial charge in [-0.15, -0.1) is 0 Å². The zero-order valence-electron chi connectivity index (χ0n) is 14.1. The largest absolute Gasteiger partial charge is 0.466 e. The van der Waals surface area contributed by atoms with Gasteiger partial charge in [-0.05, 0) is 31.2 Å². The third kappa shape index (κ3) is 4.82. The van der Waals surface area contributed by atoms with Gasteiger partial charge < -0.3 is 4.74 Å². The standard InChI is InChI=1S/C20H27NO2/c1-2-23-19(22)13-14-20(16-21,18-11-7-4-8-12-18)15-17-9-5-3-6-10-17/h4,7-8,11-12,17H,2-3,5-6,9-10,13-15H2,1H3. The molecule has 0 saturated heterocycles. The second kappa shape index (κ2) is 8.72. The number of rotatable bonds is 7. The highest BCUT2D eigenvalue weighted by Crippen LogP contribution is 2.40. The van der Waals surface area contributed by atoms with Crippen molar-refractivity contribution in [2.75, 3.05) is 6.61 Å². The first-order valence-electron chi connectivity index (χ1n) is 8.82. The van der Waals surface area contributed by atoms with Crippen LogP contribution in [0.1, 0.15) is 63.9 Å². The highest BCUT2D eigenvalue weighted by atomic mass is 16.5. The Balaban J connectivity index is 2.17. The molecule has 1 unspecified atom stereocenters. The zero-order chi connectivity index (χ0) is 16.5. The lowest BCUT2D eigenvalue weighted by atomic mass is 9.69. The average molecular weight is 313 g/mol. The number of nitriles is 1. The number of nitrogens with zero attached hydrogens (tertiary/aromatic N) is 1. The first kappa shape index (κ1) is 17.5. The molecule has 0 aliphatic heterocycles. The van der Waals surface area contributed by atoms with Gasteiger partial charge in [0, 0.05) is 6.42 Å². The Bertz CT molecular complexity index is 528. The van der Waals surface area contributed by atoms with Gasteiger partial charge in [0.1, 0.15) is 0 Å². The van der Waals surface area contributed by atoms with E-state index in [9.17, 15) is 10.1 Å². The summed E-state index contributed by atoms with van der Waals surface area (Å²) in [7, 11) is 0. The van der Waals surface area contributed by atoms with Crippen LogP contribution in [0.2, 0.25) is 0 Å². The van der Waals surface area contributed by atoms with E-state index in [1.807, 2.05) is 37.3 Å². The molecule has 0 radical (unpaired) electrons. The van der Waals surface area contributed by atoms with Gasteiger partial charge in [0.05, 0.1) is 18.1 Å². The molecule has 23 heavy (non-hydrogen) atoms. The van der Waals surface area contributed by atoms with Crippen LogP contribution in [-0.4, -0.2) is 12.6 Å². The van der Waals surface area contributed by atoms with E-state index >= 15 is 0 Å². The normalized spacial score (nSPS) is 17.9. The molecule has 0 heterocycles. The Morgan fingerprint density at radius 1 is 1.26 bits per heavy atom. The van der Waals surface area contributed by atoms with E-state index in [1.165, 1.54) is 32.1 Å². The minimum absolute atomic E-state index is 0.202. The molecular weight excluding hydrogens is 286 g/mol. The summed E-state index contributed by atoms with van der Waals surface area (Å²) in [5, 5.41) is 10.0. The molecule has 1 aromatic carbocycles. The van der Waals surface area contributed by atoms with Crippen molar-refractivity contribution in [3.05, 3.63) is 35.9 Å². The number of carbonyl (C=O) groups is 1. The maximum Gasteiger partial charge on any atom is 0.305 e. The highest BCUT2D eigenvalue weighted by molar-refractivity contribution is 5.69. The molecule has 1 aliphatic rings. The number of benzene rings is 1. The lowest BCUT2D eigenvalue weighted by Crippen LogP contribution is -2.29. The van der Waals surface area contributed by atoms with Crippen LogP contribution in [0.4, 0.5) is 0 Å². The van der Waals surface area contributed by atoms with Crippen LogP contribution in [0.5, 0.6) is 0 Å². The van der Waals surface area contributed by atoms with E-state index in [4.69, 9.17) is 4.74 Å². The molecule has 124 valence electrons. The van der Waals surface area contributed by atoms with Crippen LogP contribution in [-0.2, 0) is 14.9 Å². The molecule has 3 heteroatoms. The Morgan fingerprint density at radius 3 is 2.57 bits per heavy atom. The van der Waals surface area contributed by atoms with Crippen molar-refractivity contribution in [1.29, 1.82) is 5.26 Å². The van der Waals surface area contributed by atoms with E-state index in [1.54, 1.807) is 0 Å². The van der Waals surface area contributed by atoms with Gasteiger partial charge >= 0.3 is 5.97 Å². The van der Waals surface area contributed by atoms with Gasteiger partial charge in [-0.3, -0.25) is 4.79 Å². The summed E-state index contributed by atoms with van der Waals surface area (Å²) in [5.74, 6) is 0.387. The second-order valence-electron chi connectivity index (χ2n) is 6.57. The van der Waals surface area contributed by atoms with Crippen LogP contribution in [0.25, 0.3) is 0 Å². The van der Waals surface area contributed by atoms with Crippen LogP contribution in [0, 0.1) is 17.2 Å². The molecule has 0 bridgehead atoms. The minimum Gasteiger partial charge on any atom is -0.466 e. The fourth-order valence-corrected chi connectivity index (χ4v) is 3.72. The fraction of sp³-hybridized carbons (Fsp3) is 0.600. The quantitative estimate of drug-likeness (QED) is 0.682. The second-order valence-corrected chi connectivity index (χ2v) is 6.57. The molecule has 1 atom stereocenters. The van der Waals surface area contributed by atoms with E-state index in [-0.39, 0.29) is 5.97 Å². The first-order chi connectivity index (χ1) is 11.2. The van der Waals surface area contributed by atoms with Gasteiger partial charge in [0.15, 0.2) is 0 Å². The third-order valence-corrected chi connectivity index (χ3v) is 4.96. The minimum atomic E-state index is -0.573. The molecule has 1 aliphatic carbocycles. The lowest BCUT2D eigenvalue weighted by molar-refractivity contribution is -0.143. The van der Waals surface area contributed by atoms with Gasteiger partial charge in [-0.2, -0.15) is 5.26 Å². The Labute approximate surface area is 139 Å². The zero-order valence-corrected chi connectivity index (χ0v) is 14.1. The van der Waals surface area contributed by atoms with Crippen molar-refractivity contribution in [2.24, 2.45) is 5.92 Å². The molecule has 0 aromatic heterocycles.